The summed E-state index contributed by atoms with van der Waals surface area (Å²) in [7, 11) is 1.69. The van der Waals surface area contributed by atoms with Gasteiger partial charge in [-0.2, -0.15) is 0 Å². The molecule has 0 bridgehead atoms. The van der Waals surface area contributed by atoms with Crippen molar-refractivity contribution in [3.05, 3.63) is 48.6 Å². The van der Waals surface area contributed by atoms with Crippen molar-refractivity contribution in [1.82, 2.24) is 0 Å². The molecule has 1 aromatic carbocycles. The van der Waals surface area contributed by atoms with Gasteiger partial charge in [0.05, 0.1) is 6.10 Å². The molecule has 2 nitrogen and oxygen atoms in total. The highest BCUT2D eigenvalue weighted by Crippen LogP contribution is 2.33. The molecule has 0 aromatic heterocycles. The SMILES string of the molecule is C=C[C@H]1C[C@@H](c2ccccc2)C[C@@H](OC)O1. The zero-order chi connectivity index (χ0) is 11.4. The van der Waals surface area contributed by atoms with Crippen LogP contribution in [0.5, 0.6) is 0 Å². The maximum absolute atomic E-state index is 5.70. The van der Waals surface area contributed by atoms with Gasteiger partial charge in [0.2, 0.25) is 0 Å². The van der Waals surface area contributed by atoms with Crippen LogP contribution in [0.3, 0.4) is 0 Å². The average Bonchev–Trinajstić information content (AvgIpc) is 2.39. The first-order valence-corrected chi connectivity index (χ1v) is 5.69. The summed E-state index contributed by atoms with van der Waals surface area (Å²) in [6.07, 6.45) is 3.77. The summed E-state index contributed by atoms with van der Waals surface area (Å²) < 4.78 is 11.0. The Bertz CT molecular complexity index is 334. The standard InChI is InChI=1S/C14H18O2/c1-3-13-9-12(10-14(15-2)16-13)11-7-5-4-6-8-11/h3-8,12-14H,1,9-10H2,2H3/t12-,13+,14+/m1/s1. The first-order chi connectivity index (χ1) is 7.83. The molecule has 2 rings (SSSR count). The second-order valence-electron chi connectivity index (χ2n) is 4.15. The predicted octanol–water partition coefficient (Wildman–Crippen LogP) is 3.11. The largest absolute Gasteiger partial charge is 0.356 e. The zero-order valence-corrected chi connectivity index (χ0v) is 9.63. The van der Waals surface area contributed by atoms with Crippen molar-refractivity contribution in [3.63, 3.8) is 0 Å². The van der Waals surface area contributed by atoms with E-state index >= 15 is 0 Å². The van der Waals surface area contributed by atoms with Crippen LogP contribution in [0, 0.1) is 0 Å². The molecule has 1 aliphatic heterocycles. The van der Waals surface area contributed by atoms with Gasteiger partial charge in [-0.25, -0.2) is 0 Å². The summed E-state index contributed by atoms with van der Waals surface area (Å²) in [5, 5.41) is 0. The van der Waals surface area contributed by atoms with Crippen molar-refractivity contribution >= 4 is 0 Å². The fraction of sp³-hybridized carbons (Fsp3) is 0.429. The Morgan fingerprint density at radius 1 is 1.31 bits per heavy atom. The van der Waals surface area contributed by atoms with E-state index in [0.717, 1.165) is 12.8 Å². The highest BCUT2D eigenvalue weighted by atomic mass is 16.7. The Morgan fingerprint density at radius 3 is 2.69 bits per heavy atom. The van der Waals surface area contributed by atoms with Crippen LogP contribution >= 0.6 is 0 Å². The molecule has 1 aliphatic rings. The fourth-order valence-corrected chi connectivity index (χ4v) is 2.22. The highest BCUT2D eigenvalue weighted by Gasteiger charge is 2.28. The molecule has 1 aromatic rings. The van der Waals surface area contributed by atoms with Crippen LogP contribution in [0.15, 0.2) is 43.0 Å². The lowest BCUT2D eigenvalue weighted by atomic mass is 9.88. The minimum atomic E-state index is -0.109. The van der Waals surface area contributed by atoms with Gasteiger partial charge >= 0.3 is 0 Å². The molecule has 2 heteroatoms. The van der Waals surface area contributed by atoms with Crippen LogP contribution in [0.1, 0.15) is 24.3 Å². The number of ether oxygens (including phenoxy) is 2. The number of hydrogen-bond donors (Lipinski definition) is 0. The number of benzene rings is 1. The Balaban J connectivity index is 2.12. The summed E-state index contributed by atoms with van der Waals surface area (Å²) in [6, 6.07) is 10.5. The summed E-state index contributed by atoms with van der Waals surface area (Å²) >= 11 is 0. The zero-order valence-electron chi connectivity index (χ0n) is 9.63. The summed E-state index contributed by atoms with van der Waals surface area (Å²) in [4.78, 5) is 0. The Morgan fingerprint density at radius 2 is 2.06 bits per heavy atom. The van der Waals surface area contributed by atoms with Crippen LogP contribution in [-0.4, -0.2) is 19.5 Å². The molecule has 16 heavy (non-hydrogen) atoms. The molecule has 0 amide bonds. The van der Waals surface area contributed by atoms with Gasteiger partial charge in [0, 0.05) is 13.5 Å². The van der Waals surface area contributed by atoms with Crippen molar-refractivity contribution in [2.45, 2.75) is 31.2 Å². The van der Waals surface area contributed by atoms with E-state index in [1.807, 2.05) is 12.1 Å². The average molecular weight is 218 g/mol. The van der Waals surface area contributed by atoms with E-state index in [2.05, 4.69) is 30.8 Å². The molecule has 0 radical (unpaired) electrons. The fourth-order valence-electron chi connectivity index (χ4n) is 2.22. The molecular formula is C14H18O2. The lowest BCUT2D eigenvalue weighted by molar-refractivity contribution is -0.172. The van der Waals surface area contributed by atoms with E-state index in [1.165, 1.54) is 5.56 Å². The monoisotopic (exact) mass is 218 g/mol. The van der Waals surface area contributed by atoms with Crippen molar-refractivity contribution < 1.29 is 9.47 Å². The number of methoxy groups -OCH3 is 1. The van der Waals surface area contributed by atoms with Gasteiger partial charge in [-0.15, -0.1) is 6.58 Å². The van der Waals surface area contributed by atoms with Crippen LogP contribution in [0.4, 0.5) is 0 Å². The summed E-state index contributed by atoms with van der Waals surface area (Å²) in [5.41, 5.74) is 1.36. The predicted molar refractivity (Wildman–Crippen MR) is 64.3 cm³/mol. The first kappa shape index (κ1) is 11.4. The Hall–Kier alpha value is -1.12. The molecular weight excluding hydrogens is 200 g/mol. The minimum absolute atomic E-state index is 0.101. The van der Waals surface area contributed by atoms with Crippen molar-refractivity contribution in [3.8, 4) is 0 Å². The van der Waals surface area contributed by atoms with Crippen molar-refractivity contribution in [1.29, 1.82) is 0 Å². The second-order valence-corrected chi connectivity index (χ2v) is 4.15. The van der Waals surface area contributed by atoms with E-state index in [1.54, 1.807) is 7.11 Å². The van der Waals surface area contributed by atoms with Crippen LogP contribution in [0.2, 0.25) is 0 Å². The van der Waals surface area contributed by atoms with Gasteiger partial charge in [0.1, 0.15) is 0 Å². The van der Waals surface area contributed by atoms with Crippen molar-refractivity contribution in [2.75, 3.05) is 7.11 Å². The van der Waals surface area contributed by atoms with Gasteiger partial charge in [-0.1, -0.05) is 36.4 Å². The molecule has 0 unspecified atom stereocenters. The number of hydrogen-bond acceptors (Lipinski definition) is 2. The van der Waals surface area contributed by atoms with E-state index in [-0.39, 0.29) is 12.4 Å². The Kier molecular flexibility index (Phi) is 3.75. The third kappa shape index (κ3) is 2.52. The van der Waals surface area contributed by atoms with Crippen LogP contribution in [0.25, 0.3) is 0 Å². The molecule has 0 aliphatic carbocycles. The van der Waals surface area contributed by atoms with Crippen molar-refractivity contribution in [2.24, 2.45) is 0 Å². The van der Waals surface area contributed by atoms with E-state index in [9.17, 15) is 0 Å². The van der Waals surface area contributed by atoms with Gasteiger partial charge in [-0.05, 0) is 17.9 Å². The lowest BCUT2D eigenvalue weighted by Crippen LogP contribution is -2.31. The summed E-state index contributed by atoms with van der Waals surface area (Å²) in [5.74, 6) is 0.503. The molecule has 1 fully saturated rings. The third-order valence-electron chi connectivity index (χ3n) is 3.12. The molecule has 0 spiro atoms. The topological polar surface area (TPSA) is 18.5 Å². The highest BCUT2D eigenvalue weighted by molar-refractivity contribution is 5.20. The minimum Gasteiger partial charge on any atom is -0.356 e. The van der Waals surface area contributed by atoms with Gasteiger partial charge in [-0.3, -0.25) is 0 Å². The summed E-state index contributed by atoms with van der Waals surface area (Å²) in [6.45, 7) is 3.80. The first-order valence-electron chi connectivity index (χ1n) is 5.69. The quantitative estimate of drug-likeness (QED) is 0.726. The van der Waals surface area contributed by atoms with E-state index < -0.39 is 0 Å². The normalized spacial score (nSPS) is 29.9. The van der Waals surface area contributed by atoms with Gasteiger partial charge in [0.25, 0.3) is 0 Å². The third-order valence-corrected chi connectivity index (χ3v) is 3.12. The van der Waals surface area contributed by atoms with E-state index in [4.69, 9.17) is 9.47 Å². The maximum Gasteiger partial charge on any atom is 0.158 e. The molecule has 1 heterocycles. The van der Waals surface area contributed by atoms with Crippen LogP contribution < -0.4 is 0 Å². The molecule has 86 valence electrons. The van der Waals surface area contributed by atoms with Gasteiger partial charge in [0.15, 0.2) is 6.29 Å². The second kappa shape index (κ2) is 5.28. The maximum atomic E-state index is 5.70. The molecule has 1 saturated heterocycles. The smallest absolute Gasteiger partial charge is 0.158 e. The molecule has 0 saturated carbocycles. The van der Waals surface area contributed by atoms with Gasteiger partial charge < -0.3 is 9.47 Å². The van der Waals surface area contributed by atoms with E-state index in [0.29, 0.717) is 5.92 Å². The lowest BCUT2D eigenvalue weighted by Gasteiger charge is -2.33. The molecule has 0 N–H and O–H groups in total. The van der Waals surface area contributed by atoms with Crippen LogP contribution in [-0.2, 0) is 9.47 Å². The number of rotatable bonds is 3. The molecule has 3 atom stereocenters. The Labute approximate surface area is 96.9 Å².